The van der Waals surface area contributed by atoms with Crippen molar-refractivity contribution in [2.75, 3.05) is 20.1 Å². The highest BCUT2D eigenvalue weighted by molar-refractivity contribution is 5.76. The molecule has 0 aromatic carbocycles. The minimum Gasteiger partial charge on any atom is -0.352 e. The summed E-state index contributed by atoms with van der Waals surface area (Å²) in [5.41, 5.74) is 5.61. The van der Waals surface area contributed by atoms with Gasteiger partial charge in [0.05, 0.1) is 0 Å². The van der Waals surface area contributed by atoms with Gasteiger partial charge >= 0.3 is 0 Å². The zero-order valence-corrected chi connectivity index (χ0v) is 9.83. The number of hydrogen-bond acceptors (Lipinski definition) is 3. The molecule has 1 aliphatic rings. The highest BCUT2D eigenvalue weighted by Crippen LogP contribution is 2.08. The minimum atomic E-state index is 0.116. The summed E-state index contributed by atoms with van der Waals surface area (Å²) in [5, 5.41) is 3.07. The Kier molecular flexibility index (Phi) is 5.05. The van der Waals surface area contributed by atoms with Crippen molar-refractivity contribution >= 4 is 5.91 Å². The van der Waals surface area contributed by atoms with Gasteiger partial charge in [0.25, 0.3) is 0 Å². The number of rotatable bonds is 4. The van der Waals surface area contributed by atoms with E-state index in [9.17, 15) is 4.79 Å². The molecule has 1 heterocycles. The summed E-state index contributed by atoms with van der Waals surface area (Å²) in [6.07, 6.45) is 3.61. The number of hydrogen-bond donors (Lipinski definition) is 2. The Labute approximate surface area is 92.2 Å². The van der Waals surface area contributed by atoms with Gasteiger partial charge in [-0.05, 0) is 39.8 Å². The standard InChI is InChI=1S/C11H23N3O/c1-9(12)5-6-11(15)13-10-4-3-7-14(2)8-10/h9-10H,3-8,12H2,1-2H3,(H,13,15). The smallest absolute Gasteiger partial charge is 0.220 e. The lowest BCUT2D eigenvalue weighted by molar-refractivity contribution is -0.122. The van der Waals surface area contributed by atoms with Gasteiger partial charge in [-0.1, -0.05) is 0 Å². The molecule has 0 radical (unpaired) electrons. The van der Waals surface area contributed by atoms with Gasteiger partial charge in [0.15, 0.2) is 0 Å². The maximum absolute atomic E-state index is 11.5. The molecular formula is C11H23N3O. The SMILES string of the molecule is CC(N)CCC(=O)NC1CCCN(C)C1. The molecule has 0 aromatic rings. The molecule has 1 aliphatic heterocycles. The van der Waals surface area contributed by atoms with Crippen molar-refractivity contribution in [2.24, 2.45) is 5.73 Å². The van der Waals surface area contributed by atoms with E-state index >= 15 is 0 Å². The molecule has 0 aliphatic carbocycles. The average molecular weight is 213 g/mol. The third-order valence-corrected chi connectivity index (χ3v) is 2.82. The molecule has 2 atom stereocenters. The predicted molar refractivity (Wildman–Crippen MR) is 61.5 cm³/mol. The van der Waals surface area contributed by atoms with Gasteiger partial charge in [0, 0.05) is 25.0 Å². The van der Waals surface area contributed by atoms with Crippen LogP contribution in [0.3, 0.4) is 0 Å². The molecule has 1 rings (SSSR count). The van der Waals surface area contributed by atoms with Crippen molar-refractivity contribution in [3.05, 3.63) is 0 Å². The lowest BCUT2D eigenvalue weighted by Gasteiger charge is -2.30. The molecule has 1 amide bonds. The molecule has 4 heteroatoms. The van der Waals surface area contributed by atoms with E-state index in [1.54, 1.807) is 0 Å². The molecule has 0 spiro atoms. The first-order chi connectivity index (χ1) is 7.08. The number of nitrogens with one attached hydrogen (secondary N) is 1. The van der Waals surface area contributed by atoms with Gasteiger partial charge in [0.1, 0.15) is 0 Å². The van der Waals surface area contributed by atoms with Crippen LogP contribution in [-0.2, 0) is 4.79 Å². The number of carbonyl (C=O) groups excluding carboxylic acids is 1. The fourth-order valence-corrected chi connectivity index (χ4v) is 1.94. The molecule has 1 fully saturated rings. The van der Waals surface area contributed by atoms with E-state index in [2.05, 4.69) is 17.3 Å². The topological polar surface area (TPSA) is 58.4 Å². The molecule has 0 bridgehead atoms. The number of nitrogens with two attached hydrogens (primary N) is 1. The third-order valence-electron chi connectivity index (χ3n) is 2.82. The first kappa shape index (κ1) is 12.5. The largest absolute Gasteiger partial charge is 0.352 e. The van der Waals surface area contributed by atoms with Crippen LogP contribution in [0.1, 0.15) is 32.6 Å². The molecule has 0 saturated carbocycles. The third kappa shape index (κ3) is 5.14. The zero-order valence-electron chi connectivity index (χ0n) is 9.83. The first-order valence-corrected chi connectivity index (χ1v) is 5.81. The van der Waals surface area contributed by atoms with Crippen LogP contribution in [0.2, 0.25) is 0 Å². The van der Waals surface area contributed by atoms with E-state index in [1.807, 2.05) is 6.92 Å². The van der Waals surface area contributed by atoms with Gasteiger partial charge in [-0.15, -0.1) is 0 Å². The van der Waals surface area contributed by atoms with Crippen molar-refractivity contribution in [3.8, 4) is 0 Å². The van der Waals surface area contributed by atoms with E-state index in [4.69, 9.17) is 5.73 Å². The number of likely N-dealkylation sites (tertiary alicyclic amines) is 1. The maximum Gasteiger partial charge on any atom is 0.220 e. The molecular weight excluding hydrogens is 190 g/mol. The van der Waals surface area contributed by atoms with Crippen molar-refractivity contribution in [3.63, 3.8) is 0 Å². The number of piperidine rings is 1. The Morgan fingerprint density at radius 1 is 1.67 bits per heavy atom. The van der Waals surface area contributed by atoms with Crippen LogP contribution in [0.4, 0.5) is 0 Å². The van der Waals surface area contributed by atoms with Crippen LogP contribution >= 0.6 is 0 Å². The zero-order chi connectivity index (χ0) is 11.3. The second-order valence-corrected chi connectivity index (χ2v) is 4.68. The molecule has 88 valence electrons. The van der Waals surface area contributed by atoms with Crippen molar-refractivity contribution in [1.29, 1.82) is 0 Å². The summed E-state index contributed by atoms with van der Waals surface area (Å²) in [7, 11) is 2.10. The van der Waals surface area contributed by atoms with Gasteiger partial charge in [-0.2, -0.15) is 0 Å². The highest BCUT2D eigenvalue weighted by atomic mass is 16.1. The van der Waals surface area contributed by atoms with Crippen LogP contribution < -0.4 is 11.1 Å². The molecule has 4 nitrogen and oxygen atoms in total. The summed E-state index contributed by atoms with van der Waals surface area (Å²) in [6, 6.07) is 0.453. The van der Waals surface area contributed by atoms with E-state index in [-0.39, 0.29) is 11.9 Å². The lowest BCUT2D eigenvalue weighted by Crippen LogP contribution is -2.46. The van der Waals surface area contributed by atoms with E-state index in [1.165, 1.54) is 6.42 Å². The second-order valence-electron chi connectivity index (χ2n) is 4.68. The summed E-state index contributed by atoms with van der Waals surface area (Å²) < 4.78 is 0. The Balaban J connectivity index is 2.19. The van der Waals surface area contributed by atoms with Crippen LogP contribution in [-0.4, -0.2) is 43.0 Å². The summed E-state index contributed by atoms with van der Waals surface area (Å²) in [4.78, 5) is 13.8. The average Bonchev–Trinajstić information content (AvgIpc) is 2.15. The van der Waals surface area contributed by atoms with Crippen LogP contribution in [0.25, 0.3) is 0 Å². The van der Waals surface area contributed by atoms with Gasteiger partial charge < -0.3 is 16.0 Å². The van der Waals surface area contributed by atoms with Gasteiger partial charge in [-0.3, -0.25) is 4.79 Å². The number of carbonyl (C=O) groups is 1. The monoisotopic (exact) mass is 213 g/mol. The number of likely N-dealkylation sites (N-methyl/N-ethyl adjacent to an activating group) is 1. The normalized spacial score (nSPS) is 24.9. The van der Waals surface area contributed by atoms with Gasteiger partial charge in [0.2, 0.25) is 5.91 Å². The molecule has 15 heavy (non-hydrogen) atoms. The van der Waals surface area contributed by atoms with Crippen molar-refractivity contribution < 1.29 is 4.79 Å². The number of amides is 1. The molecule has 3 N–H and O–H groups in total. The minimum absolute atomic E-state index is 0.116. The quantitative estimate of drug-likeness (QED) is 0.707. The lowest BCUT2D eigenvalue weighted by atomic mass is 10.1. The van der Waals surface area contributed by atoms with Gasteiger partial charge in [-0.25, -0.2) is 0 Å². The first-order valence-electron chi connectivity index (χ1n) is 5.81. The van der Waals surface area contributed by atoms with E-state index in [0.29, 0.717) is 12.5 Å². The Morgan fingerprint density at radius 3 is 3.00 bits per heavy atom. The fraction of sp³-hybridized carbons (Fsp3) is 0.909. The van der Waals surface area contributed by atoms with E-state index in [0.717, 1.165) is 25.9 Å². The summed E-state index contributed by atoms with van der Waals surface area (Å²) in [5.74, 6) is 0.146. The summed E-state index contributed by atoms with van der Waals surface area (Å²) in [6.45, 7) is 4.05. The van der Waals surface area contributed by atoms with E-state index < -0.39 is 0 Å². The number of nitrogens with zero attached hydrogens (tertiary/aromatic N) is 1. The summed E-state index contributed by atoms with van der Waals surface area (Å²) >= 11 is 0. The van der Waals surface area contributed by atoms with Crippen LogP contribution in [0, 0.1) is 0 Å². The Bertz CT molecular complexity index is 206. The predicted octanol–water partition coefficient (Wildman–Crippen LogP) is 0.324. The maximum atomic E-state index is 11.5. The van der Waals surface area contributed by atoms with Crippen LogP contribution in [0.15, 0.2) is 0 Å². The second kappa shape index (κ2) is 6.08. The van der Waals surface area contributed by atoms with Crippen molar-refractivity contribution in [1.82, 2.24) is 10.2 Å². The highest BCUT2D eigenvalue weighted by Gasteiger charge is 2.18. The fourth-order valence-electron chi connectivity index (χ4n) is 1.94. The molecule has 1 saturated heterocycles. The van der Waals surface area contributed by atoms with Crippen LogP contribution in [0.5, 0.6) is 0 Å². The molecule has 2 unspecified atom stereocenters. The Morgan fingerprint density at radius 2 is 2.40 bits per heavy atom. The molecule has 0 aromatic heterocycles. The Hall–Kier alpha value is -0.610. The van der Waals surface area contributed by atoms with Crippen molar-refractivity contribution in [2.45, 2.75) is 44.7 Å².